The molecule has 92 valence electrons. The molecule has 1 aliphatic rings. The Balaban J connectivity index is 2.16. The standard InChI is InChI=1S/C14H18BrNO/c1-14(2)5-7-16(8-6-14)13-4-3-11(10-17)9-12(13)15/h3-4,9-10H,5-8H2,1-2H3. The molecule has 0 saturated carbocycles. The van der Waals surface area contributed by atoms with Gasteiger partial charge in [0.2, 0.25) is 0 Å². The Bertz CT molecular complexity index is 418. The van der Waals surface area contributed by atoms with Gasteiger partial charge in [-0.25, -0.2) is 0 Å². The van der Waals surface area contributed by atoms with Gasteiger partial charge >= 0.3 is 0 Å². The van der Waals surface area contributed by atoms with E-state index in [0.29, 0.717) is 5.41 Å². The third kappa shape index (κ3) is 2.89. The van der Waals surface area contributed by atoms with E-state index in [4.69, 9.17) is 0 Å². The summed E-state index contributed by atoms with van der Waals surface area (Å²) >= 11 is 3.55. The number of halogens is 1. The lowest BCUT2D eigenvalue weighted by Gasteiger charge is -2.38. The van der Waals surface area contributed by atoms with E-state index >= 15 is 0 Å². The first-order valence-corrected chi connectivity index (χ1v) is 6.81. The van der Waals surface area contributed by atoms with E-state index in [0.717, 1.165) is 29.4 Å². The second-order valence-electron chi connectivity index (χ2n) is 5.48. The molecule has 0 amide bonds. The van der Waals surface area contributed by atoms with Crippen LogP contribution in [0, 0.1) is 5.41 Å². The average molecular weight is 296 g/mol. The number of hydrogen-bond acceptors (Lipinski definition) is 2. The van der Waals surface area contributed by atoms with Crippen LogP contribution in [0.3, 0.4) is 0 Å². The topological polar surface area (TPSA) is 20.3 Å². The number of hydrogen-bond donors (Lipinski definition) is 0. The van der Waals surface area contributed by atoms with Crippen molar-refractivity contribution < 1.29 is 4.79 Å². The van der Waals surface area contributed by atoms with Crippen molar-refractivity contribution in [2.45, 2.75) is 26.7 Å². The minimum Gasteiger partial charge on any atom is -0.371 e. The molecule has 1 fully saturated rings. The number of rotatable bonds is 2. The van der Waals surface area contributed by atoms with Crippen molar-refractivity contribution in [1.29, 1.82) is 0 Å². The predicted octanol–water partition coefficient (Wildman–Crippen LogP) is 3.89. The lowest BCUT2D eigenvalue weighted by Crippen LogP contribution is -2.37. The Kier molecular flexibility index (Phi) is 3.57. The monoisotopic (exact) mass is 295 g/mol. The third-order valence-corrected chi connectivity index (χ3v) is 4.20. The summed E-state index contributed by atoms with van der Waals surface area (Å²) in [5, 5.41) is 0. The van der Waals surface area contributed by atoms with Crippen molar-refractivity contribution in [3.05, 3.63) is 28.2 Å². The molecular formula is C14H18BrNO. The molecule has 1 aliphatic heterocycles. The minimum absolute atomic E-state index is 0.464. The lowest BCUT2D eigenvalue weighted by atomic mass is 9.82. The van der Waals surface area contributed by atoms with Crippen molar-refractivity contribution in [1.82, 2.24) is 0 Å². The van der Waals surface area contributed by atoms with Crippen molar-refractivity contribution in [3.8, 4) is 0 Å². The van der Waals surface area contributed by atoms with Crippen molar-refractivity contribution in [2.24, 2.45) is 5.41 Å². The van der Waals surface area contributed by atoms with Crippen LogP contribution < -0.4 is 4.90 Å². The summed E-state index contributed by atoms with van der Waals surface area (Å²) in [6, 6.07) is 5.81. The van der Waals surface area contributed by atoms with Gasteiger partial charge in [0.15, 0.2) is 0 Å². The Morgan fingerprint density at radius 1 is 1.29 bits per heavy atom. The zero-order valence-electron chi connectivity index (χ0n) is 10.4. The predicted molar refractivity (Wildman–Crippen MR) is 74.8 cm³/mol. The molecule has 1 saturated heterocycles. The highest BCUT2D eigenvalue weighted by Gasteiger charge is 2.26. The quantitative estimate of drug-likeness (QED) is 0.772. The highest BCUT2D eigenvalue weighted by Crippen LogP contribution is 2.35. The van der Waals surface area contributed by atoms with Crippen LogP contribution >= 0.6 is 15.9 Å². The molecule has 2 nitrogen and oxygen atoms in total. The second kappa shape index (κ2) is 4.81. The SMILES string of the molecule is CC1(C)CCN(c2ccc(C=O)cc2Br)CC1. The van der Waals surface area contributed by atoms with Crippen molar-refractivity contribution >= 4 is 27.9 Å². The average Bonchev–Trinajstić information content (AvgIpc) is 2.29. The molecule has 1 aromatic carbocycles. The number of anilines is 1. The van der Waals surface area contributed by atoms with E-state index in [1.807, 2.05) is 18.2 Å². The highest BCUT2D eigenvalue weighted by atomic mass is 79.9. The molecule has 2 rings (SSSR count). The zero-order valence-corrected chi connectivity index (χ0v) is 12.0. The lowest BCUT2D eigenvalue weighted by molar-refractivity contribution is 0.112. The van der Waals surface area contributed by atoms with Gasteiger partial charge in [0.25, 0.3) is 0 Å². The maximum Gasteiger partial charge on any atom is 0.150 e. The molecule has 0 aliphatic carbocycles. The van der Waals surface area contributed by atoms with Gasteiger partial charge in [-0.15, -0.1) is 0 Å². The van der Waals surface area contributed by atoms with E-state index < -0.39 is 0 Å². The van der Waals surface area contributed by atoms with Crippen LogP contribution in [0.25, 0.3) is 0 Å². The first kappa shape index (κ1) is 12.6. The Hall–Kier alpha value is -0.830. The fourth-order valence-electron chi connectivity index (χ4n) is 2.21. The van der Waals surface area contributed by atoms with Crippen molar-refractivity contribution in [2.75, 3.05) is 18.0 Å². The molecule has 0 radical (unpaired) electrons. The van der Waals surface area contributed by atoms with E-state index in [1.54, 1.807) is 0 Å². The van der Waals surface area contributed by atoms with Crippen molar-refractivity contribution in [3.63, 3.8) is 0 Å². The molecule has 0 bridgehead atoms. The number of carbonyl (C=O) groups is 1. The normalized spacial score (nSPS) is 19.1. The highest BCUT2D eigenvalue weighted by molar-refractivity contribution is 9.10. The molecule has 0 unspecified atom stereocenters. The summed E-state index contributed by atoms with van der Waals surface area (Å²) in [4.78, 5) is 13.1. The van der Waals surface area contributed by atoms with Crippen LogP contribution in [0.4, 0.5) is 5.69 Å². The van der Waals surface area contributed by atoms with Gasteiger partial charge in [-0.2, -0.15) is 0 Å². The van der Waals surface area contributed by atoms with Crippen LogP contribution in [0.5, 0.6) is 0 Å². The number of benzene rings is 1. The van der Waals surface area contributed by atoms with Crippen LogP contribution in [0.2, 0.25) is 0 Å². The largest absolute Gasteiger partial charge is 0.371 e. The summed E-state index contributed by atoms with van der Waals surface area (Å²) in [5.74, 6) is 0. The zero-order chi connectivity index (χ0) is 12.5. The van der Waals surface area contributed by atoms with Gasteiger partial charge in [0.1, 0.15) is 6.29 Å². The molecule has 1 heterocycles. The van der Waals surface area contributed by atoms with Gasteiger partial charge in [-0.3, -0.25) is 4.79 Å². The van der Waals surface area contributed by atoms with Crippen LogP contribution in [-0.4, -0.2) is 19.4 Å². The maximum atomic E-state index is 10.7. The molecular weight excluding hydrogens is 278 g/mol. The minimum atomic E-state index is 0.464. The molecule has 3 heteroatoms. The molecule has 0 spiro atoms. The summed E-state index contributed by atoms with van der Waals surface area (Å²) < 4.78 is 1.02. The van der Waals surface area contributed by atoms with E-state index in [-0.39, 0.29) is 0 Å². The summed E-state index contributed by atoms with van der Waals surface area (Å²) in [6.45, 7) is 6.84. The maximum absolute atomic E-state index is 10.7. The van der Waals surface area contributed by atoms with Crippen LogP contribution in [0.15, 0.2) is 22.7 Å². The fourth-order valence-corrected chi connectivity index (χ4v) is 2.85. The van der Waals surface area contributed by atoms with E-state index in [1.165, 1.54) is 18.5 Å². The first-order chi connectivity index (χ1) is 8.02. The number of nitrogens with zero attached hydrogens (tertiary/aromatic N) is 1. The van der Waals surface area contributed by atoms with Gasteiger partial charge in [-0.05, 0) is 52.4 Å². The third-order valence-electron chi connectivity index (χ3n) is 3.57. The summed E-state index contributed by atoms with van der Waals surface area (Å²) in [6.07, 6.45) is 3.32. The fraction of sp³-hybridized carbons (Fsp3) is 0.500. The number of piperidine rings is 1. The Morgan fingerprint density at radius 3 is 2.47 bits per heavy atom. The summed E-state index contributed by atoms with van der Waals surface area (Å²) in [7, 11) is 0. The molecule has 0 atom stereocenters. The Morgan fingerprint density at radius 2 is 1.94 bits per heavy atom. The van der Waals surface area contributed by atoms with E-state index in [9.17, 15) is 4.79 Å². The summed E-state index contributed by atoms with van der Waals surface area (Å²) in [5.41, 5.74) is 2.38. The van der Waals surface area contributed by atoms with E-state index in [2.05, 4.69) is 34.7 Å². The molecule has 1 aromatic rings. The van der Waals surface area contributed by atoms with Gasteiger partial charge < -0.3 is 4.90 Å². The first-order valence-electron chi connectivity index (χ1n) is 6.01. The van der Waals surface area contributed by atoms with Gasteiger partial charge in [-0.1, -0.05) is 13.8 Å². The van der Waals surface area contributed by atoms with Crippen LogP contribution in [0.1, 0.15) is 37.0 Å². The molecule has 0 N–H and O–H groups in total. The van der Waals surface area contributed by atoms with Crippen LogP contribution in [-0.2, 0) is 0 Å². The smallest absolute Gasteiger partial charge is 0.150 e. The number of aldehydes is 1. The second-order valence-corrected chi connectivity index (χ2v) is 6.33. The Labute approximate surface area is 111 Å². The van der Waals surface area contributed by atoms with Gasteiger partial charge in [0.05, 0.1) is 5.69 Å². The number of carbonyl (C=O) groups excluding carboxylic acids is 1. The van der Waals surface area contributed by atoms with Gasteiger partial charge in [0, 0.05) is 23.1 Å². The molecule has 0 aromatic heterocycles. The molecule has 17 heavy (non-hydrogen) atoms.